The average Bonchev–Trinajstić information content (AvgIpc) is 2.03. The standard InChI is InChI=1S/C9H18N2O/c1-7-4-10-5-8(2)11(7)9(3)6-12/h6-10H,4-5H2,1-3H3. The molecule has 3 unspecified atom stereocenters. The molecule has 0 aromatic heterocycles. The molecule has 1 aliphatic rings. The summed E-state index contributed by atoms with van der Waals surface area (Å²) in [6.07, 6.45) is 1.03. The van der Waals surface area contributed by atoms with Crippen LogP contribution in [0.2, 0.25) is 0 Å². The van der Waals surface area contributed by atoms with Crippen molar-refractivity contribution < 1.29 is 4.79 Å². The molecular formula is C9H18N2O. The van der Waals surface area contributed by atoms with Crippen LogP contribution in [-0.4, -0.2) is 42.4 Å². The van der Waals surface area contributed by atoms with Gasteiger partial charge in [0.05, 0.1) is 6.04 Å². The maximum atomic E-state index is 10.6. The first-order valence-corrected chi connectivity index (χ1v) is 4.60. The smallest absolute Gasteiger partial charge is 0.136 e. The maximum absolute atomic E-state index is 10.6. The molecule has 3 nitrogen and oxygen atoms in total. The molecule has 0 aromatic carbocycles. The lowest BCUT2D eigenvalue weighted by Crippen LogP contribution is -2.58. The van der Waals surface area contributed by atoms with Crippen molar-refractivity contribution >= 4 is 6.29 Å². The fraction of sp³-hybridized carbons (Fsp3) is 0.889. The van der Waals surface area contributed by atoms with Crippen LogP contribution in [0.5, 0.6) is 0 Å². The summed E-state index contributed by atoms with van der Waals surface area (Å²) in [5, 5.41) is 3.34. The van der Waals surface area contributed by atoms with Gasteiger partial charge < -0.3 is 10.1 Å². The van der Waals surface area contributed by atoms with Gasteiger partial charge in [0.2, 0.25) is 0 Å². The largest absolute Gasteiger partial charge is 0.314 e. The summed E-state index contributed by atoms with van der Waals surface area (Å²) in [7, 11) is 0. The Morgan fingerprint density at radius 1 is 1.42 bits per heavy atom. The Bertz CT molecular complexity index is 151. The molecule has 0 spiro atoms. The molecule has 0 aliphatic carbocycles. The molecule has 0 radical (unpaired) electrons. The van der Waals surface area contributed by atoms with E-state index in [4.69, 9.17) is 0 Å². The van der Waals surface area contributed by atoms with Crippen molar-refractivity contribution in [3.63, 3.8) is 0 Å². The molecule has 3 atom stereocenters. The number of rotatable bonds is 2. The minimum Gasteiger partial charge on any atom is -0.314 e. The molecule has 1 N–H and O–H groups in total. The molecule has 12 heavy (non-hydrogen) atoms. The van der Waals surface area contributed by atoms with Crippen molar-refractivity contribution in [2.45, 2.75) is 38.9 Å². The Morgan fingerprint density at radius 3 is 2.33 bits per heavy atom. The lowest BCUT2D eigenvalue weighted by molar-refractivity contribution is -0.114. The zero-order chi connectivity index (χ0) is 9.14. The Balaban J connectivity index is 2.62. The van der Waals surface area contributed by atoms with Crippen molar-refractivity contribution in [2.75, 3.05) is 13.1 Å². The number of aldehydes is 1. The quantitative estimate of drug-likeness (QED) is 0.603. The maximum Gasteiger partial charge on any atom is 0.136 e. The van der Waals surface area contributed by atoms with E-state index in [1.807, 2.05) is 6.92 Å². The van der Waals surface area contributed by atoms with Gasteiger partial charge in [-0.1, -0.05) is 0 Å². The number of carbonyl (C=O) groups is 1. The van der Waals surface area contributed by atoms with Crippen LogP contribution in [0.4, 0.5) is 0 Å². The van der Waals surface area contributed by atoms with E-state index in [0.717, 1.165) is 19.4 Å². The van der Waals surface area contributed by atoms with E-state index in [0.29, 0.717) is 12.1 Å². The zero-order valence-electron chi connectivity index (χ0n) is 8.08. The van der Waals surface area contributed by atoms with Gasteiger partial charge in [0.15, 0.2) is 0 Å². The van der Waals surface area contributed by atoms with Gasteiger partial charge in [-0.3, -0.25) is 4.90 Å². The predicted molar refractivity (Wildman–Crippen MR) is 49.2 cm³/mol. The third-order valence-electron chi connectivity index (χ3n) is 2.56. The highest BCUT2D eigenvalue weighted by atomic mass is 16.1. The lowest BCUT2D eigenvalue weighted by atomic mass is 10.1. The number of nitrogens with zero attached hydrogens (tertiary/aromatic N) is 1. The first-order chi connectivity index (χ1) is 5.66. The van der Waals surface area contributed by atoms with Gasteiger partial charge >= 0.3 is 0 Å². The molecule has 1 aliphatic heterocycles. The molecule has 1 rings (SSSR count). The van der Waals surface area contributed by atoms with Crippen molar-refractivity contribution in [2.24, 2.45) is 0 Å². The Morgan fingerprint density at radius 2 is 1.92 bits per heavy atom. The van der Waals surface area contributed by atoms with E-state index >= 15 is 0 Å². The summed E-state index contributed by atoms with van der Waals surface area (Å²) < 4.78 is 0. The second kappa shape index (κ2) is 4.01. The van der Waals surface area contributed by atoms with Crippen molar-refractivity contribution in [1.29, 1.82) is 0 Å². The van der Waals surface area contributed by atoms with Crippen LogP contribution in [0.1, 0.15) is 20.8 Å². The van der Waals surface area contributed by atoms with E-state index in [1.54, 1.807) is 0 Å². The van der Waals surface area contributed by atoms with Crippen LogP contribution in [0.3, 0.4) is 0 Å². The van der Waals surface area contributed by atoms with Crippen LogP contribution in [0.15, 0.2) is 0 Å². The molecule has 1 saturated heterocycles. The second-order valence-corrected chi connectivity index (χ2v) is 3.68. The van der Waals surface area contributed by atoms with Gasteiger partial charge in [-0.25, -0.2) is 0 Å². The first kappa shape index (κ1) is 9.68. The number of piperazine rings is 1. The summed E-state index contributed by atoms with van der Waals surface area (Å²) in [5.41, 5.74) is 0. The lowest BCUT2D eigenvalue weighted by Gasteiger charge is -2.41. The van der Waals surface area contributed by atoms with Gasteiger partial charge in [0.25, 0.3) is 0 Å². The minimum atomic E-state index is 0.0529. The summed E-state index contributed by atoms with van der Waals surface area (Å²) in [6.45, 7) is 8.25. The van der Waals surface area contributed by atoms with Crippen molar-refractivity contribution in [1.82, 2.24) is 10.2 Å². The summed E-state index contributed by atoms with van der Waals surface area (Å²) in [5.74, 6) is 0. The second-order valence-electron chi connectivity index (χ2n) is 3.68. The predicted octanol–water partition coefficient (Wildman–Crippen LogP) is 0.256. The van der Waals surface area contributed by atoms with E-state index in [1.165, 1.54) is 0 Å². The van der Waals surface area contributed by atoms with E-state index in [-0.39, 0.29) is 6.04 Å². The third-order valence-corrected chi connectivity index (χ3v) is 2.56. The van der Waals surface area contributed by atoms with E-state index < -0.39 is 0 Å². The molecule has 1 fully saturated rings. The minimum absolute atomic E-state index is 0.0529. The van der Waals surface area contributed by atoms with E-state index in [9.17, 15) is 4.79 Å². The van der Waals surface area contributed by atoms with Crippen LogP contribution in [0, 0.1) is 0 Å². The SMILES string of the molecule is CC(C=O)N1C(C)CNCC1C. The highest BCUT2D eigenvalue weighted by molar-refractivity contribution is 5.57. The molecule has 0 amide bonds. The molecule has 70 valence electrons. The Labute approximate surface area is 74.1 Å². The van der Waals surface area contributed by atoms with E-state index in [2.05, 4.69) is 24.1 Å². The topological polar surface area (TPSA) is 32.3 Å². The normalized spacial score (nSPS) is 34.6. The van der Waals surface area contributed by atoms with Gasteiger partial charge in [-0.2, -0.15) is 0 Å². The molecule has 1 heterocycles. The van der Waals surface area contributed by atoms with Gasteiger partial charge in [0, 0.05) is 25.2 Å². The summed E-state index contributed by atoms with van der Waals surface area (Å²) in [6, 6.07) is 0.986. The highest BCUT2D eigenvalue weighted by Gasteiger charge is 2.27. The molecule has 0 saturated carbocycles. The number of nitrogens with one attached hydrogen (secondary N) is 1. The number of hydrogen-bond acceptors (Lipinski definition) is 3. The third kappa shape index (κ3) is 1.84. The Hall–Kier alpha value is -0.410. The fourth-order valence-electron chi connectivity index (χ4n) is 2.02. The first-order valence-electron chi connectivity index (χ1n) is 4.60. The summed E-state index contributed by atoms with van der Waals surface area (Å²) >= 11 is 0. The fourth-order valence-corrected chi connectivity index (χ4v) is 2.02. The van der Waals surface area contributed by atoms with Crippen LogP contribution in [-0.2, 0) is 4.79 Å². The van der Waals surface area contributed by atoms with Gasteiger partial charge in [-0.15, -0.1) is 0 Å². The molecule has 0 bridgehead atoms. The van der Waals surface area contributed by atoms with Gasteiger partial charge in [0.1, 0.15) is 6.29 Å². The highest BCUT2D eigenvalue weighted by Crippen LogP contribution is 2.12. The van der Waals surface area contributed by atoms with Crippen LogP contribution < -0.4 is 5.32 Å². The van der Waals surface area contributed by atoms with Crippen LogP contribution in [0.25, 0.3) is 0 Å². The zero-order valence-corrected chi connectivity index (χ0v) is 8.08. The van der Waals surface area contributed by atoms with Crippen molar-refractivity contribution in [3.05, 3.63) is 0 Å². The van der Waals surface area contributed by atoms with Crippen LogP contribution >= 0.6 is 0 Å². The van der Waals surface area contributed by atoms with Gasteiger partial charge in [-0.05, 0) is 20.8 Å². The number of carbonyl (C=O) groups excluding carboxylic acids is 1. The number of hydrogen-bond donors (Lipinski definition) is 1. The molecular weight excluding hydrogens is 152 g/mol. The Kier molecular flexibility index (Phi) is 3.23. The molecule has 0 aromatic rings. The summed E-state index contributed by atoms with van der Waals surface area (Å²) in [4.78, 5) is 12.9. The molecule has 3 heteroatoms. The average molecular weight is 170 g/mol. The van der Waals surface area contributed by atoms with Crippen molar-refractivity contribution in [3.8, 4) is 0 Å². The monoisotopic (exact) mass is 170 g/mol.